The molecule has 360 valence electrons. The van der Waals surface area contributed by atoms with Crippen LogP contribution in [0.5, 0.6) is 34.5 Å². The summed E-state index contributed by atoms with van der Waals surface area (Å²) in [5, 5.41) is 17.8. The van der Waals surface area contributed by atoms with Crippen LogP contribution in [0.25, 0.3) is 0 Å². The van der Waals surface area contributed by atoms with Gasteiger partial charge >= 0.3 is 11.9 Å². The highest BCUT2D eigenvalue weighted by Crippen LogP contribution is 2.30. The second-order valence-electron chi connectivity index (χ2n) is 14.9. The van der Waals surface area contributed by atoms with Crippen molar-refractivity contribution in [2.24, 2.45) is 0 Å². The average molecular weight is 971 g/mol. The molecule has 0 bridgehead atoms. The fraction of sp³-hybridized carbons (Fsp3) is 0.240. The minimum Gasteiger partial charge on any atom is -0.497 e. The van der Waals surface area contributed by atoms with E-state index in [1.165, 1.54) is 26.4 Å². The van der Waals surface area contributed by atoms with Crippen molar-refractivity contribution in [3.63, 3.8) is 0 Å². The molecule has 0 fully saturated rings. The lowest BCUT2D eigenvalue weighted by Gasteiger charge is -2.14. The van der Waals surface area contributed by atoms with Crippen molar-refractivity contribution in [2.45, 2.75) is 49.3 Å². The summed E-state index contributed by atoms with van der Waals surface area (Å²) in [5.41, 5.74) is 4.13. The lowest BCUT2D eigenvalue weighted by atomic mass is 10.1. The molecule has 6 aromatic rings. The van der Waals surface area contributed by atoms with Gasteiger partial charge in [-0.05, 0) is 122 Å². The van der Waals surface area contributed by atoms with Crippen LogP contribution in [0.15, 0.2) is 143 Å². The lowest BCUT2D eigenvalue weighted by Crippen LogP contribution is -2.14. The number of ether oxygens (including phenoxy) is 6. The number of carboxylic acid groups (broad SMARTS) is 2. The average Bonchev–Trinajstić information content (AvgIpc) is 3.31. The number of nitrogens with one attached hydrogen (secondary N) is 2. The maximum Gasteiger partial charge on any atom is 0.303 e. The van der Waals surface area contributed by atoms with E-state index in [1.807, 2.05) is 49.4 Å². The number of carboxylic acids is 2. The summed E-state index contributed by atoms with van der Waals surface area (Å²) in [6, 6.07) is 37.4. The lowest BCUT2D eigenvalue weighted by molar-refractivity contribution is -0.138. The van der Waals surface area contributed by atoms with Crippen molar-refractivity contribution in [1.82, 2.24) is 0 Å². The molecular formula is C50H54N2O14S2. The van der Waals surface area contributed by atoms with E-state index in [2.05, 4.69) is 9.44 Å². The second-order valence-corrected chi connectivity index (χ2v) is 18.2. The molecule has 0 atom stereocenters. The van der Waals surface area contributed by atoms with Crippen LogP contribution in [0.4, 0.5) is 11.4 Å². The first-order valence-corrected chi connectivity index (χ1v) is 24.2. The van der Waals surface area contributed by atoms with E-state index in [-0.39, 0.29) is 54.8 Å². The van der Waals surface area contributed by atoms with Gasteiger partial charge in [-0.15, -0.1) is 0 Å². The molecule has 6 aromatic carbocycles. The molecule has 0 aromatic heterocycles. The molecule has 0 heterocycles. The topological polar surface area (TPSA) is 222 Å². The van der Waals surface area contributed by atoms with Gasteiger partial charge in [0.2, 0.25) is 0 Å². The Bertz CT molecular complexity index is 2840. The molecule has 0 aliphatic heterocycles. The Balaban J connectivity index is 0.000000255. The largest absolute Gasteiger partial charge is 0.497 e. The zero-order valence-electron chi connectivity index (χ0n) is 38.0. The molecule has 0 aliphatic carbocycles. The van der Waals surface area contributed by atoms with Gasteiger partial charge in [0, 0.05) is 30.3 Å². The van der Waals surface area contributed by atoms with Gasteiger partial charge < -0.3 is 38.6 Å². The third-order valence-corrected chi connectivity index (χ3v) is 12.8. The first kappa shape index (κ1) is 51.5. The predicted octanol–water partition coefficient (Wildman–Crippen LogP) is 8.56. The van der Waals surface area contributed by atoms with Gasteiger partial charge in [0.1, 0.15) is 65.8 Å². The fourth-order valence-corrected chi connectivity index (χ4v) is 9.09. The van der Waals surface area contributed by atoms with Crippen LogP contribution in [0, 0.1) is 13.8 Å². The van der Waals surface area contributed by atoms with Crippen molar-refractivity contribution >= 4 is 43.4 Å². The molecule has 0 spiro atoms. The summed E-state index contributed by atoms with van der Waals surface area (Å²) < 4.78 is 89.3. The highest BCUT2D eigenvalue weighted by Gasteiger charge is 2.21. The zero-order valence-corrected chi connectivity index (χ0v) is 39.6. The Morgan fingerprint density at radius 3 is 1.37 bits per heavy atom. The molecule has 4 N–H and O–H groups in total. The number of aliphatic carboxylic acids is 2. The third-order valence-electron chi connectivity index (χ3n) is 9.87. The van der Waals surface area contributed by atoms with Crippen molar-refractivity contribution < 1.29 is 65.1 Å². The quantitative estimate of drug-likeness (QED) is 0.0418. The Morgan fingerprint density at radius 1 is 0.485 bits per heavy atom. The van der Waals surface area contributed by atoms with Crippen molar-refractivity contribution in [3.8, 4) is 34.5 Å². The van der Waals surface area contributed by atoms with E-state index in [4.69, 9.17) is 38.6 Å². The summed E-state index contributed by atoms with van der Waals surface area (Å²) in [6.45, 7) is 4.75. The van der Waals surface area contributed by atoms with Crippen molar-refractivity contribution in [1.29, 1.82) is 0 Å². The molecule has 0 saturated carbocycles. The molecule has 68 heavy (non-hydrogen) atoms. The van der Waals surface area contributed by atoms with E-state index >= 15 is 0 Å². The number of sulfonamides is 2. The highest BCUT2D eigenvalue weighted by atomic mass is 32.2. The number of carbonyl (C=O) groups is 2. The Morgan fingerprint density at radius 2 is 0.926 bits per heavy atom. The van der Waals surface area contributed by atoms with E-state index < -0.39 is 32.0 Å². The first-order chi connectivity index (χ1) is 32.6. The number of para-hydroxylation sites is 2. The van der Waals surface area contributed by atoms with Gasteiger partial charge in [0.05, 0.1) is 19.1 Å². The van der Waals surface area contributed by atoms with Crippen LogP contribution in [0.1, 0.15) is 35.1 Å². The van der Waals surface area contributed by atoms with Crippen LogP contribution in [0.2, 0.25) is 0 Å². The van der Waals surface area contributed by atoms with Gasteiger partial charge in [-0.1, -0.05) is 54.1 Å². The van der Waals surface area contributed by atoms with E-state index in [0.717, 1.165) is 16.7 Å². The van der Waals surface area contributed by atoms with E-state index in [1.54, 1.807) is 85.8 Å². The molecule has 0 radical (unpaired) electrons. The second kappa shape index (κ2) is 24.9. The standard InChI is InChI=1S/C25H27NO8S.C25H27NO6S/c1-31-21-12-13-23(32-2)24(17-21)35(29,30)26-19-8-10-20(11-9-19)33-15-16-34-22-6-4-3-5-18(22)7-14-25(27)28;1-18-7-13-24(19(2)17-18)33(29,30)26-21-9-11-22(12-10-21)31-15-16-32-23-6-4-3-5-20(23)8-14-25(27)28/h3-6,8-13,17,26H,7,14-16H2,1-2H3,(H,27,28);3-7,9-13,17,26H,8,14-16H2,1-2H3,(H,27,28). The first-order valence-electron chi connectivity index (χ1n) is 21.2. The summed E-state index contributed by atoms with van der Waals surface area (Å²) in [4.78, 5) is 21.8. The molecule has 0 aliphatic rings. The summed E-state index contributed by atoms with van der Waals surface area (Å²) >= 11 is 0. The van der Waals surface area contributed by atoms with E-state index in [0.29, 0.717) is 58.5 Å². The summed E-state index contributed by atoms with van der Waals surface area (Å²) in [6.07, 6.45) is 0.839. The molecule has 16 nitrogen and oxygen atoms in total. The highest BCUT2D eigenvalue weighted by molar-refractivity contribution is 7.93. The zero-order chi connectivity index (χ0) is 49.1. The molecule has 0 unspecified atom stereocenters. The fourth-order valence-electron chi connectivity index (χ4n) is 6.56. The third kappa shape index (κ3) is 15.9. The molecule has 0 saturated heterocycles. The molecule has 18 heteroatoms. The molecule has 0 amide bonds. The van der Waals surface area contributed by atoms with Crippen LogP contribution < -0.4 is 37.9 Å². The predicted molar refractivity (Wildman–Crippen MR) is 257 cm³/mol. The Labute approximate surface area is 396 Å². The Hall–Kier alpha value is -7.44. The molecular weight excluding hydrogens is 917 g/mol. The number of methoxy groups -OCH3 is 2. The van der Waals surface area contributed by atoms with Gasteiger partial charge in [-0.25, -0.2) is 16.8 Å². The summed E-state index contributed by atoms with van der Waals surface area (Å²) in [7, 11) is -4.76. The SMILES string of the molecule is COc1ccc(OC)c(S(=O)(=O)Nc2ccc(OCCOc3ccccc3CCC(=O)O)cc2)c1.Cc1ccc(S(=O)(=O)Nc2ccc(OCCOc3ccccc3CCC(=O)O)cc2)c(C)c1. The molecule has 6 rings (SSSR count). The van der Waals surface area contributed by atoms with Crippen LogP contribution in [0.3, 0.4) is 0 Å². The monoisotopic (exact) mass is 970 g/mol. The maximum atomic E-state index is 12.9. The van der Waals surface area contributed by atoms with Crippen LogP contribution in [-0.4, -0.2) is 79.6 Å². The van der Waals surface area contributed by atoms with Crippen LogP contribution in [-0.2, 0) is 42.5 Å². The van der Waals surface area contributed by atoms with Crippen molar-refractivity contribution in [2.75, 3.05) is 50.1 Å². The van der Waals surface area contributed by atoms with E-state index in [9.17, 15) is 26.4 Å². The number of hydrogen-bond acceptors (Lipinski definition) is 12. The number of rotatable bonds is 24. The smallest absolute Gasteiger partial charge is 0.303 e. The minimum atomic E-state index is -3.92. The number of aryl methyl sites for hydroxylation is 4. The van der Waals surface area contributed by atoms with Crippen molar-refractivity contribution in [3.05, 3.63) is 156 Å². The van der Waals surface area contributed by atoms with Gasteiger partial charge in [0.25, 0.3) is 20.0 Å². The maximum absolute atomic E-state index is 12.9. The summed E-state index contributed by atoms with van der Waals surface area (Å²) in [5.74, 6) is 1.24. The minimum absolute atomic E-state index is 0.0254. The number of hydrogen-bond donors (Lipinski definition) is 4. The Kier molecular flexibility index (Phi) is 18.9. The van der Waals surface area contributed by atoms with Gasteiger partial charge in [-0.2, -0.15) is 0 Å². The van der Waals surface area contributed by atoms with Gasteiger partial charge in [0.15, 0.2) is 0 Å². The normalized spacial score (nSPS) is 11.0. The number of anilines is 2. The number of benzene rings is 6. The van der Waals surface area contributed by atoms with Gasteiger partial charge in [-0.3, -0.25) is 19.0 Å². The van der Waals surface area contributed by atoms with Crippen LogP contribution >= 0.6 is 0 Å².